The maximum absolute atomic E-state index is 12.5. The maximum atomic E-state index is 12.5. The predicted octanol–water partition coefficient (Wildman–Crippen LogP) is 4.83. The highest BCUT2D eigenvalue weighted by Crippen LogP contribution is 2.35. The quantitative estimate of drug-likeness (QED) is 0.383. The van der Waals surface area contributed by atoms with Gasteiger partial charge in [-0.15, -0.1) is 0 Å². The molecule has 0 aromatic heterocycles. The molecule has 0 bridgehead atoms. The number of benzene rings is 3. The number of hydrogen-bond donors (Lipinski definition) is 0. The van der Waals surface area contributed by atoms with E-state index < -0.39 is 5.97 Å². The summed E-state index contributed by atoms with van der Waals surface area (Å²) in [6.45, 7) is 1.91. The Morgan fingerprint density at radius 2 is 1.78 bits per heavy atom. The van der Waals surface area contributed by atoms with E-state index in [0.717, 1.165) is 11.1 Å². The van der Waals surface area contributed by atoms with Gasteiger partial charge in [-0.25, -0.2) is 4.79 Å². The molecule has 0 saturated carbocycles. The van der Waals surface area contributed by atoms with Gasteiger partial charge in [-0.3, -0.25) is 4.79 Å². The molecule has 0 aliphatic carbocycles. The van der Waals surface area contributed by atoms with Crippen LogP contribution in [0.25, 0.3) is 6.08 Å². The molecule has 132 valence electrons. The number of allylic oxidation sites excluding steroid dienone is 1. The second kappa shape index (κ2) is 6.92. The van der Waals surface area contributed by atoms with Crippen LogP contribution in [0, 0.1) is 6.92 Å². The number of rotatable bonds is 3. The highest BCUT2D eigenvalue weighted by molar-refractivity contribution is 6.14. The molecule has 27 heavy (non-hydrogen) atoms. The second-order valence-corrected chi connectivity index (χ2v) is 6.27. The number of ether oxygens (including phenoxy) is 2. The van der Waals surface area contributed by atoms with E-state index >= 15 is 0 Å². The van der Waals surface area contributed by atoms with Gasteiger partial charge in [0.25, 0.3) is 0 Å². The smallest absolute Gasteiger partial charge is 0.343 e. The van der Waals surface area contributed by atoms with Gasteiger partial charge in [0.15, 0.2) is 5.76 Å². The van der Waals surface area contributed by atoms with Crippen LogP contribution in [0.4, 0.5) is 0 Å². The standard InChI is InChI=1S/C23H16O4/c1-15-6-5-9-17(12-15)23(25)26-18-10-11-19-20(14-18)27-21(22(19)24)13-16-7-3-2-4-8-16/h2-14H,1H3/b21-13-. The minimum absolute atomic E-state index is 0.189. The number of ketones is 1. The molecule has 1 heterocycles. The van der Waals surface area contributed by atoms with Crippen molar-refractivity contribution in [1.82, 2.24) is 0 Å². The topological polar surface area (TPSA) is 52.6 Å². The molecule has 3 aromatic carbocycles. The zero-order valence-corrected chi connectivity index (χ0v) is 14.6. The van der Waals surface area contributed by atoms with Crippen molar-refractivity contribution >= 4 is 17.8 Å². The summed E-state index contributed by atoms with van der Waals surface area (Å²) in [4.78, 5) is 24.8. The van der Waals surface area contributed by atoms with Crippen molar-refractivity contribution in [2.45, 2.75) is 6.92 Å². The molecule has 3 aromatic rings. The molecule has 0 fully saturated rings. The Hall–Kier alpha value is -3.66. The summed E-state index contributed by atoms with van der Waals surface area (Å²) >= 11 is 0. The highest BCUT2D eigenvalue weighted by atomic mass is 16.5. The number of hydrogen-bond acceptors (Lipinski definition) is 4. The first-order valence-corrected chi connectivity index (χ1v) is 8.52. The molecule has 4 rings (SSSR count). The highest BCUT2D eigenvalue weighted by Gasteiger charge is 2.28. The molecular weight excluding hydrogens is 340 g/mol. The van der Waals surface area contributed by atoms with Crippen LogP contribution in [0.2, 0.25) is 0 Å². The van der Waals surface area contributed by atoms with Gasteiger partial charge in [-0.05, 0) is 42.8 Å². The molecule has 0 spiro atoms. The Balaban J connectivity index is 1.56. The minimum Gasteiger partial charge on any atom is -0.452 e. The lowest BCUT2D eigenvalue weighted by Crippen LogP contribution is -2.08. The number of esters is 1. The SMILES string of the molecule is Cc1cccc(C(=O)Oc2ccc3c(c2)O/C(=C\c2ccccc2)C3=O)c1. The molecule has 0 saturated heterocycles. The molecular formula is C23H16O4. The van der Waals surface area contributed by atoms with Gasteiger partial charge in [0, 0.05) is 6.07 Å². The summed E-state index contributed by atoms with van der Waals surface area (Å²) < 4.78 is 11.1. The van der Waals surface area contributed by atoms with E-state index in [1.54, 1.807) is 42.5 Å². The van der Waals surface area contributed by atoms with Crippen molar-refractivity contribution in [3.63, 3.8) is 0 Å². The number of Topliss-reactive ketones (excluding diaryl/α,β-unsaturated/α-hetero) is 1. The van der Waals surface area contributed by atoms with Crippen molar-refractivity contribution in [2.75, 3.05) is 0 Å². The zero-order chi connectivity index (χ0) is 18.8. The molecule has 0 amide bonds. The average molecular weight is 356 g/mol. The van der Waals surface area contributed by atoms with Crippen LogP contribution in [0.5, 0.6) is 11.5 Å². The van der Waals surface area contributed by atoms with Gasteiger partial charge in [0.05, 0.1) is 11.1 Å². The molecule has 0 N–H and O–H groups in total. The summed E-state index contributed by atoms with van der Waals surface area (Å²) in [7, 11) is 0. The fourth-order valence-corrected chi connectivity index (χ4v) is 2.87. The number of carbonyl (C=O) groups excluding carboxylic acids is 2. The van der Waals surface area contributed by atoms with Crippen molar-refractivity contribution in [1.29, 1.82) is 0 Å². The molecule has 1 aliphatic rings. The normalized spacial score (nSPS) is 14.0. The summed E-state index contributed by atoms with van der Waals surface area (Å²) in [6, 6.07) is 21.4. The molecule has 0 atom stereocenters. The monoisotopic (exact) mass is 356 g/mol. The van der Waals surface area contributed by atoms with E-state index in [0.29, 0.717) is 22.6 Å². The third-order valence-corrected chi connectivity index (χ3v) is 4.20. The third-order valence-electron chi connectivity index (χ3n) is 4.20. The van der Waals surface area contributed by atoms with E-state index in [4.69, 9.17) is 9.47 Å². The van der Waals surface area contributed by atoms with Gasteiger partial charge < -0.3 is 9.47 Å². The Labute approximate surface area is 156 Å². The first-order chi connectivity index (χ1) is 13.1. The van der Waals surface area contributed by atoms with E-state index in [9.17, 15) is 9.59 Å². The second-order valence-electron chi connectivity index (χ2n) is 6.27. The van der Waals surface area contributed by atoms with Crippen molar-refractivity contribution in [3.05, 3.63) is 101 Å². The van der Waals surface area contributed by atoms with E-state index in [-0.39, 0.29) is 11.5 Å². The Bertz CT molecular complexity index is 1060. The first-order valence-electron chi connectivity index (χ1n) is 8.52. The van der Waals surface area contributed by atoms with Crippen LogP contribution >= 0.6 is 0 Å². The van der Waals surface area contributed by atoms with Crippen LogP contribution in [-0.4, -0.2) is 11.8 Å². The Morgan fingerprint density at radius 3 is 2.56 bits per heavy atom. The lowest BCUT2D eigenvalue weighted by Gasteiger charge is -2.06. The third kappa shape index (κ3) is 3.51. The molecule has 0 radical (unpaired) electrons. The summed E-state index contributed by atoms with van der Waals surface area (Å²) in [5, 5.41) is 0. The fraction of sp³-hybridized carbons (Fsp3) is 0.0435. The summed E-state index contributed by atoms with van der Waals surface area (Å²) in [5.41, 5.74) is 2.77. The van der Waals surface area contributed by atoms with Gasteiger partial charge in [-0.2, -0.15) is 0 Å². The van der Waals surface area contributed by atoms with E-state index in [1.165, 1.54) is 0 Å². The van der Waals surface area contributed by atoms with Crippen LogP contribution < -0.4 is 9.47 Å². The Kier molecular flexibility index (Phi) is 4.30. The lowest BCUT2D eigenvalue weighted by molar-refractivity contribution is 0.0734. The minimum atomic E-state index is -0.456. The van der Waals surface area contributed by atoms with E-state index in [2.05, 4.69) is 0 Å². The van der Waals surface area contributed by atoms with Crippen LogP contribution in [0.3, 0.4) is 0 Å². The number of carbonyl (C=O) groups is 2. The molecule has 4 nitrogen and oxygen atoms in total. The van der Waals surface area contributed by atoms with Crippen molar-refractivity contribution in [3.8, 4) is 11.5 Å². The molecule has 0 unspecified atom stereocenters. The van der Waals surface area contributed by atoms with E-state index in [1.807, 2.05) is 43.3 Å². The average Bonchev–Trinajstić information content (AvgIpc) is 2.97. The van der Waals surface area contributed by atoms with Crippen LogP contribution in [0.15, 0.2) is 78.6 Å². The van der Waals surface area contributed by atoms with Crippen LogP contribution in [-0.2, 0) is 0 Å². The van der Waals surface area contributed by atoms with Gasteiger partial charge in [-0.1, -0.05) is 48.0 Å². The van der Waals surface area contributed by atoms with Gasteiger partial charge in [0.1, 0.15) is 11.5 Å². The Morgan fingerprint density at radius 1 is 0.963 bits per heavy atom. The van der Waals surface area contributed by atoms with Crippen LogP contribution in [0.1, 0.15) is 31.8 Å². The van der Waals surface area contributed by atoms with Crippen molar-refractivity contribution < 1.29 is 19.1 Å². The largest absolute Gasteiger partial charge is 0.452 e. The summed E-state index contributed by atoms with van der Waals surface area (Å²) in [6.07, 6.45) is 1.70. The van der Waals surface area contributed by atoms with Crippen molar-refractivity contribution in [2.24, 2.45) is 0 Å². The summed E-state index contributed by atoms with van der Waals surface area (Å²) in [5.74, 6) is 0.317. The molecule has 4 heteroatoms. The zero-order valence-electron chi connectivity index (χ0n) is 14.6. The van der Waals surface area contributed by atoms with Gasteiger partial charge >= 0.3 is 5.97 Å². The lowest BCUT2D eigenvalue weighted by atomic mass is 10.1. The maximum Gasteiger partial charge on any atom is 0.343 e. The predicted molar refractivity (Wildman–Crippen MR) is 102 cm³/mol. The first kappa shape index (κ1) is 16.8. The number of fused-ring (bicyclic) bond motifs is 1. The molecule has 1 aliphatic heterocycles. The van der Waals surface area contributed by atoms with Gasteiger partial charge in [0.2, 0.25) is 5.78 Å². The fourth-order valence-electron chi connectivity index (χ4n) is 2.87. The number of aryl methyl sites for hydroxylation is 1.